The molecule has 0 saturated heterocycles. The fourth-order valence-electron chi connectivity index (χ4n) is 3.25. The van der Waals surface area contributed by atoms with E-state index < -0.39 is 0 Å². The quantitative estimate of drug-likeness (QED) is 0.824. The molecule has 0 aromatic carbocycles. The van der Waals surface area contributed by atoms with Crippen LogP contribution < -0.4 is 11.1 Å². The lowest BCUT2D eigenvalue weighted by Gasteiger charge is -2.28. The molecule has 104 valence electrons. The minimum atomic E-state index is 0.0663. The normalized spacial score (nSPS) is 36.6. The Morgan fingerprint density at radius 1 is 1.28 bits per heavy atom. The van der Waals surface area contributed by atoms with Gasteiger partial charge in [0.2, 0.25) is 5.91 Å². The van der Waals surface area contributed by atoms with E-state index in [1.807, 2.05) is 11.8 Å². The van der Waals surface area contributed by atoms with Gasteiger partial charge in [-0.1, -0.05) is 19.8 Å². The molecule has 2 fully saturated rings. The standard InChI is InChI=1S/C14H26N2OS/c1-2-18-11-8-7-10(9-11)16-14(17)12-5-3-4-6-13(12)15/h10-13H,2-9,15H2,1H3,(H,16,17). The van der Waals surface area contributed by atoms with Gasteiger partial charge < -0.3 is 11.1 Å². The maximum atomic E-state index is 12.2. The summed E-state index contributed by atoms with van der Waals surface area (Å²) in [6, 6.07) is 0.483. The van der Waals surface area contributed by atoms with Crippen LogP contribution in [-0.2, 0) is 4.79 Å². The van der Waals surface area contributed by atoms with Gasteiger partial charge in [-0.2, -0.15) is 11.8 Å². The molecule has 0 aliphatic heterocycles. The summed E-state index contributed by atoms with van der Waals surface area (Å²) in [5, 5.41) is 3.99. The molecule has 2 aliphatic rings. The highest BCUT2D eigenvalue weighted by Gasteiger charge is 2.31. The van der Waals surface area contributed by atoms with E-state index in [0.29, 0.717) is 6.04 Å². The van der Waals surface area contributed by atoms with Crippen molar-refractivity contribution >= 4 is 17.7 Å². The van der Waals surface area contributed by atoms with Crippen LogP contribution in [-0.4, -0.2) is 29.0 Å². The molecule has 2 saturated carbocycles. The summed E-state index contributed by atoms with van der Waals surface area (Å²) in [5.74, 6) is 1.46. The third kappa shape index (κ3) is 3.64. The number of thioether (sulfide) groups is 1. The lowest BCUT2D eigenvalue weighted by atomic mass is 9.84. The molecular weight excluding hydrogens is 244 g/mol. The summed E-state index contributed by atoms with van der Waals surface area (Å²) in [4.78, 5) is 12.2. The van der Waals surface area contributed by atoms with Gasteiger partial charge in [-0.3, -0.25) is 4.79 Å². The van der Waals surface area contributed by atoms with Crippen molar-refractivity contribution in [3.8, 4) is 0 Å². The van der Waals surface area contributed by atoms with Gasteiger partial charge in [0.05, 0.1) is 5.92 Å². The molecule has 3 N–H and O–H groups in total. The van der Waals surface area contributed by atoms with Crippen molar-refractivity contribution in [2.45, 2.75) is 69.2 Å². The molecule has 4 heteroatoms. The molecule has 4 atom stereocenters. The van der Waals surface area contributed by atoms with Gasteiger partial charge in [0, 0.05) is 17.3 Å². The number of rotatable bonds is 4. The van der Waals surface area contributed by atoms with E-state index in [1.165, 1.54) is 18.6 Å². The highest BCUT2D eigenvalue weighted by atomic mass is 32.2. The highest BCUT2D eigenvalue weighted by Crippen LogP contribution is 2.30. The molecule has 0 heterocycles. The fourth-order valence-corrected chi connectivity index (χ4v) is 4.39. The zero-order valence-corrected chi connectivity index (χ0v) is 12.2. The van der Waals surface area contributed by atoms with Crippen molar-refractivity contribution in [1.82, 2.24) is 5.32 Å². The molecule has 0 aromatic rings. The summed E-state index contributed by atoms with van der Waals surface area (Å²) in [6.07, 6.45) is 7.87. The van der Waals surface area contributed by atoms with E-state index in [-0.39, 0.29) is 17.9 Å². The van der Waals surface area contributed by atoms with Crippen molar-refractivity contribution in [2.24, 2.45) is 11.7 Å². The van der Waals surface area contributed by atoms with Gasteiger partial charge in [-0.15, -0.1) is 0 Å². The smallest absolute Gasteiger partial charge is 0.224 e. The molecule has 3 nitrogen and oxygen atoms in total. The first-order valence-electron chi connectivity index (χ1n) is 7.38. The Labute approximate surface area is 115 Å². The topological polar surface area (TPSA) is 55.1 Å². The van der Waals surface area contributed by atoms with E-state index in [0.717, 1.165) is 37.4 Å². The molecule has 0 radical (unpaired) electrons. The SMILES string of the molecule is CCSC1CCC(NC(=O)C2CCCCC2N)C1. The minimum Gasteiger partial charge on any atom is -0.353 e. The summed E-state index contributed by atoms with van der Waals surface area (Å²) in [5.41, 5.74) is 6.06. The molecule has 0 spiro atoms. The van der Waals surface area contributed by atoms with Crippen LogP contribution in [0.4, 0.5) is 0 Å². The van der Waals surface area contributed by atoms with Crippen LogP contribution in [0.3, 0.4) is 0 Å². The molecule has 0 aromatic heterocycles. The van der Waals surface area contributed by atoms with Crippen molar-refractivity contribution in [2.75, 3.05) is 5.75 Å². The summed E-state index contributed by atoms with van der Waals surface area (Å²) >= 11 is 2.03. The molecule has 4 unspecified atom stereocenters. The van der Waals surface area contributed by atoms with E-state index in [4.69, 9.17) is 5.73 Å². The Morgan fingerprint density at radius 3 is 2.78 bits per heavy atom. The third-order valence-corrected chi connectivity index (χ3v) is 5.52. The van der Waals surface area contributed by atoms with Gasteiger partial charge in [-0.25, -0.2) is 0 Å². The zero-order valence-electron chi connectivity index (χ0n) is 11.4. The van der Waals surface area contributed by atoms with E-state index in [9.17, 15) is 4.79 Å². The predicted molar refractivity (Wildman–Crippen MR) is 77.6 cm³/mol. The van der Waals surface area contributed by atoms with Gasteiger partial charge in [-0.05, 0) is 37.9 Å². The third-order valence-electron chi connectivity index (χ3n) is 4.29. The Kier molecular flexibility index (Phi) is 5.37. The first-order valence-corrected chi connectivity index (χ1v) is 8.43. The summed E-state index contributed by atoms with van der Waals surface area (Å²) in [7, 11) is 0. The predicted octanol–water partition coefficient (Wildman–Crippen LogP) is 2.29. The van der Waals surface area contributed by atoms with Crippen molar-refractivity contribution < 1.29 is 4.79 Å². The average Bonchev–Trinajstić information content (AvgIpc) is 2.77. The second-order valence-corrected chi connectivity index (χ2v) is 7.23. The monoisotopic (exact) mass is 270 g/mol. The van der Waals surface area contributed by atoms with Crippen LogP contribution in [0, 0.1) is 5.92 Å². The van der Waals surface area contributed by atoms with Crippen LogP contribution >= 0.6 is 11.8 Å². The molecule has 18 heavy (non-hydrogen) atoms. The number of hydrogen-bond donors (Lipinski definition) is 2. The van der Waals surface area contributed by atoms with E-state index >= 15 is 0 Å². The van der Waals surface area contributed by atoms with Gasteiger partial charge in [0.25, 0.3) is 0 Å². The maximum absolute atomic E-state index is 12.2. The highest BCUT2D eigenvalue weighted by molar-refractivity contribution is 7.99. The Hall–Kier alpha value is -0.220. The fraction of sp³-hybridized carbons (Fsp3) is 0.929. The molecule has 2 aliphatic carbocycles. The Bertz CT molecular complexity index is 285. The maximum Gasteiger partial charge on any atom is 0.224 e. The second kappa shape index (κ2) is 6.80. The van der Waals surface area contributed by atoms with Crippen LogP contribution in [0.1, 0.15) is 51.9 Å². The van der Waals surface area contributed by atoms with Crippen molar-refractivity contribution in [3.05, 3.63) is 0 Å². The largest absolute Gasteiger partial charge is 0.353 e. The summed E-state index contributed by atoms with van der Waals surface area (Å²) < 4.78 is 0. The summed E-state index contributed by atoms with van der Waals surface area (Å²) in [6.45, 7) is 2.21. The lowest BCUT2D eigenvalue weighted by Crippen LogP contribution is -2.46. The van der Waals surface area contributed by atoms with Crippen LogP contribution in [0.15, 0.2) is 0 Å². The average molecular weight is 270 g/mol. The number of nitrogens with one attached hydrogen (secondary N) is 1. The minimum absolute atomic E-state index is 0.0663. The van der Waals surface area contributed by atoms with Gasteiger partial charge in [0.1, 0.15) is 0 Å². The van der Waals surface area contributed by atoms with Gasteiger partial charge >= 0.3 is 0 Å². The van der Waals surface area contributed by atoms with Crippen molar-refractivity contribution in [1.29, 1.82) is 0 Å². The van der Waals surface area contributed by atoms with Crippen LogP contribution in [0.5, 0.6) is 0 Å². The molecule has 2 rings (SSSR count). The second-order valence-electron chi connectivity index (χ2n) is 5.65. The zero-order chi connectivity index (χ0) is 13.0. The molecule has 0 bridgehead atoms. The molecule has 1 amide bonds. The number of hydrogen-bond acceptors (Lipinski definition) is 3. The number of carbonyl (C=O) groups excluding carboxylic acids is 1. The number of amides is 1. The Balaban J connectivity index is 1.77. The van der Waals surface area contributed by atoms with Gasteiger partial charge in [0.15, 0.2) is 0 Å². The number of nitrogens with two attached hydrogens (primary N) is 1. The Morgan fingerprint density at radius 2 is 2.06 bits per heavy atom. The van der Waals surface area contributed by atoms with Crippen LogP contribution in [0.2, 0.25) is 0 Å². The van der Waals surface area contributed by atoms with E-state index in [2.05, 4.69) is 12.2 Å². The first-order chi connectivity index (χ1) is 8.70. The number of carbonyl (C=O) groups is 1. The van der Waals surface area contributed by atoms with Crippen molar-refractivity contribution in [3.63, 3.8) is 0 Å². The first kappa shape index (κ1) is 14.2. The molecular formula is C14H26N2OS. The lowest BCUT2D eigenvalue weighted by molar-refractivity contribution is -0.127. The van der Waals surface area contributed by atoms with E-state index in [1.54, 1.807) is 0 Å². The van der Waals surface area contributed by atoms with Crippen LogP contribution in [0.25, 0.3) is 0 Å².